The molecule has 158 valence electrons. The van der Waals surface area contributed by atoms with Gasteiger partial charge in [0.1, 0.15) is 0 Å². The van der Waals surface area contributed by atoms with Gasteiger partial charge in [-0.05, 0) is 31.0 Å². The van der Waals surface area contributed by atoms with Crippen LogP contribution in [0.5, 0.6) is 11.5 Å². The molecule has 0 spiro atoms. The fourth-order valence-electron chi connectivity index (χ4n) is 3.28. The second kappa shape index (κ2) is 12.5. The summed E-state index contributed by atoms with van der Waals surface area (Å²) in [7, 11) is 3.33. The van der Waals surface area contributed by atoms with Gasteiger partial charge in [0.2, 0.25) is 0 Å². The number of morpholine rings is 1. The van der Waals surface area contributed by atoms with Crippen LogP contribution in [0.4, 0.5) is 0 Å². The zero-order valence-electron chi connectivity index (χ0n) is 17.8. The van der Waals surface area contributed by atoms with Crippen LogP contribution in [0.2, 0.25) is 0 Å². The van der Waals surface area contributed by atoms with E-state index in [0.717, 1.165) is 69.7 Å². The average Bonchev–Trinajstić information content (AvgIpc) is 2.74. The molecule has 0 saturated carbocycles. The van der Waals surface area contributed by atoms with Gasteiger partial charge in [-0.25, -0.2) is 0 Å². The molecule has 0 aliphatic carbocycles. The Morgan fingerprint density at radius 1 is 1.14 bits per heavy atom. The lowest BCUT2D eigenvalue weighted by atomic mass is 10.0. The standard InChI is InChI=1S/C21H36N4O3/c1-5-7-10-23-21(22-6-2)24-16-18(25-11-13-28-14-12-25)17-8-9-19(26-3)20(15-17)27-4/h8-9,15,18H,5-7,10-14,16H2,1-4H3,(H2,22,23,24). The Morgan fingerprint density at radius 3 is 2.54 bits per heavy atom. The summed E-state index contributed by atoms with van der Waals surface area (Å²) in [5.74, 6) is 2.36. The van der Waals surface area contributed by atoms with Crippen molar-refractivity contribution >= 4 is 5.96 Å². The minimum absolute atomic E-state index is 0.158. The number of nitrogens with zero attached hydrogens (tertiary/aromatic N) is 2. The second-order valence-corrected chi connectivity index (χ2v) is 6.78. The zero-order chi connectivity index (χ0) is 20.2. The molecule has 1 unspecified atom stereocenters. The van der Waals surface area contributed by atoms with Crippen LogP contribution in [0, 0.1) is 0 Å². The topological polar surface area (TPSA) is 67.4 Å². The molecule has 1 aromatic carbocycles. The van der Waals surface area contributed by atoms with Gasteiger partial charge in [0.05, 0.1) is 40.0 Å². The Bertz CT molecular complexity index is 603. The van der Waals surface area contributed by atoms with Crippen molar-refractivity contribution in [2.24, 2.45) is 4.99 Å². The number of hydrogen-bond acceptors (Lipinski definition) is 5. The van der Waals surface area contributed by atoms with E-state index in [9.17, 15) is 0 Å². The number of ether oxygens (including phenoxy) is 3. The summed E-state index contributed by atoms with van der Waals surface area (Å²) in [5.41, 5.74) is 1.17. The van der Waals surface area contributed by atoms with Gasteiger partial charge in [-0.15, -0.1) is 0 Å². The SMILES string of the molecule is CCCCNC(=NCC(c1ccc(OC)c(OC)c1)N1CCOCC1)NCC. The van der Waals surface area contributed by atoms with E-state index in [0.29, 0.717) is 6.54 Å². The van der Waals surface area contributed by atoms with Crippen molar-refractivity contribution in [1.29, 1.82) is 0 Å². The average molecular weight is 393 g/mol. The van der Waals surface area contributed by atoms with Gasteiger partial charge in [-0.1, -0.05) is 19.4 Å². The van der Waals surface area contributed by atoms with Gasteiger partial charge < -0.3 is 24.8 Å². The van der Waals surface area contributed by atoms with Crippen molar-refractivity contribution < 1.29 is 14.2 Å². The number of nitrogens with one attached hydrogen (secondary N) is 2. The highest BCUT2D eigenvalue weighted by Crippen LogP contribution is 2.32. The second-order valence-electron chi connectivity index (χ2n) is 6.78. The molecule has 0 radical (unpaired) electrons. The summed E-state index contributed by atoms with van der Waals surface area (Å²) < 4.78 is 16.5. The van der Waals surface area contributed by atoms with Crippen molar-refractivity contribution in [3.05, 3.63) is 23.8 Å². The Kier molecular flexibility index (Phi) is 9.93. The Morgan fingerprint density at radius 2 is 1.89 bits per heavy atom. The van der Waals surface area contributed by atoms with E-state index in [2.05, 4.69) is 41.5 Å². The molecular formula is C21H36N4O3. The number of hydrogen-bond donors (Lipinski definition) is 2. The highest BCUT2D eigenvalue weighted by molar-refractivity contribution is 5.79. The van der Waals surface area contributed by atoms with E-state index < -0.39 is 0 Å². The van der Waals surface area contributed by atoms with Gasteiger partial charge in [0.15, 0.2) is 17.5 Å². The van der Waals surface area contributed by atoms with Crippen molar-refractivity contribution in [2.75, 3.05) is 60.2 Å². The summed E-state index contributed by atoms with van der Waals surface area (Å²) in [5, 5.41) is 6.77. The number of benzene rings is 1. The summed E-state index contributed by atoms with van der Waals surface area (Å²) >= 11 is 0. The number of methoxy groups -OCH3 is 2. The Labute approximate surface area is 169 Å². The van der Waals surface area contributed by atoms with Crippen LogP contribution in [0.3, 0.4) is 0 Å². The quantitative estimate of drug-likeness (QED) is 0.362. The van der Waals surface area contributed by atoms with Crippen LogP contribution in [0.15, 0.2) is 23.2 Å². The molecule has 0 aromatic heterocycles. The smallest absolute Gasteiger partial charge is 0.191 e. The minimum Gasteiger partial charge on any atom is -0.493 e. The lowest BCUT2D eigenvalue weighted by Crippen LogP contribution is -2.42. The lowest BCUT2D eigenvalue weighted by Gasteiger charge is -2.34. The molecule has 2 rings (SSSR count). The van der Waals surface area contributed by atoms with Crippen LogP contribution in [-0.2, 0) is 4.74 Å². The summed E-state index contributed by atoms with van der Waals surface area (Å²) in [6.45, 7) is 10.0. The molecule has 7 heteroatoms. The molecule has 1 aliphatic rings. The first-order chi connectivity index (χ1) is 13.7. The molecule has 1 atom stereocenters. The fraction of sp³-hybridized carbons (Fsp3) is 0.667. The van der Waals surface area contributed by atoms with Crippen LogP contribution in [0.1, 0.15) is 38.3 Å². The summed E-state index contributed by atoms with van der Waals surface area (Å²) in [6.07, 6.45) is 2.29. The van der Waals surface area contributed by atoms with E-state index in [1.807, 2.05) is 6.07 Å². The Balaban J connectivity index is 2.22. The predicted molar refractivity (Wildman–Crippen MR) is 114 cm³/mol. The number of rotatable bonds is 10. The maximum absolute atomic E-state index is 5.55. The predicted octanol–water partition coefficient (Wildman–Crippen LogP) is 2.43. The molecule has 0 bridgehead atoms. The third-order valence-electron chi connectivity index (χ3n) is 4.87. The Hall–Kier alpha value is -1.99. The molecule has 1 aromatic rings. The van der Waals surface area contributed by atoms with Gasteiger partial charge in [0, 0.05) is 26.2 Å². The van der Waals surface area contributed by atoms with Crippen LogP contribution < -0.4 is 20.1 Å². The molecule has 1 aliphatic heterocycles. The van der Waals surface area contributed by atoms with Gasteiger partial charge in [-0.3, -0.25) is 9.89 Å². The van der Waals surface area contributed by atoms with E-state index in [1.54, 1.807) is 14.2 Å². The third kappa shape index (κ3) is 6.56. The molecular weight excluding hydrogens is 356 g/mol. The normalized spacial score (nSPS) is 16.5. The van der Waals surface area contributed by atoms with E-state index in [1.165, 1.54) is 5.56 Å². The highest BCUT2D eigenvalue weighted by Gasteiger charge is 2.24. The summed E-state index contributed by atoms with van der Waals surface area (Å²) in [4.78, 5) is 7.31. The molecule has 28 heavy (non-hydrogen) atoms. The largest absolute Gasteiger partial charge is 0.493 e. The molecule has 1 heterocycles. The first-order valence-electron chi connectivity index (χ1n) is 10.3. The first-order valence-corrected chi connectivity index (χ1v) is 10.3. The molecule has 0 amide bonds. The van der Waals surface area contributed by atoms with Crippen molar-refractivity contribution in [3.63, 3.8) is 0 Å². The maximum Gasteiger partial charge on any atom is 0.191 e. The highest BCUT2D eigenvalue weighted by atomic mass is 16.5. The van der Waals surface area contributed by atoms with Gasteiger partial charge >= 0.3 is 0 Å². The first kappa shape index (κ1) is 22.3. The van der Waals surface area contributed by atoms with Gasteiger partial charge in [0.25, 0.3) is 0 Å². The van der Waals surface area contributed by atoms with Crippen LogP contribution >= 0.6 is 0 Å². The minimum atomic E-state index is 0.158. The third-order valence-corrected chi connectivity index (χ3v) is 4.87. The fourth-order valence-corrected chi connectivity index (χ4v) is 3.28. The molecule has 7 nitrogen and oxygen atoms in total. The number of aliphatic imine (C=N–C) groups is 1. The van der Waals surface area contributed by atoms with E-state index >= 15 is 0 Å². The lowest BCUT2D eigenvalue weighted by molar-refractivity contribution is 0.0179. The van der Waals surface area contributed by atoms with Crippen LogP contribution in [0.25, 0.3) is 0 Å². The molecule has 2 N–H and O–H groups in total. The molecule has 1 fully saturated rings. The van der Waals surface area contributed by atoms with Crippen LogP contribution in [-0.4, -0.2) is 71.0 Å². The zero-order valence-corrected chi connectivity index (χ0v) is 17.8. The monoisotopic (exact) mass is 392 g/mol. The maximum atomic E-state index is 5.55. The van der Waals surface area contributed by atoms with Gasteiger partial charge in [-0.2, -0.15) is 0 Å². The summed E-state index contributed by atoms with van der Waals surface area (Å²) in [6, 6.07) is 6.29. The van der Waals surface area contributed by atoms with Crippen molar-refractivity contribution in [1.82, 2.24) is 15.5 Å². The number of guanidine groups is 1. The number of unbranched alkanes of at least 4 members (excludes halogenated alkanes) is 1. The van der Waals surface area contributed by atoms with Crippen molar-refractivity contribution in [3.8, 4) is 11.5 Å². The molecule has 1 saturated heterocycles. The van der Waals surface area contributed by atoms with E-state index in [4.69, 9.17) is 19.2 Å². The van der Waals surface area contributed by atoms with Crippen molar-refractivity contribution in [2.45, 2.75) is 32.7 Å². The van der Waals surface area contributed by atoms with E-state index in [-0.39, 0.29) is 6.04 Å².